The van der Waals surface area contributed by atoms with E-state index in [-0.39, 0.29) is 18.0 Å². The summed E-state index contributed by atoms with van der Waals surface area (Å²) in [7, 11) is 0. The number of unbranched alkanes of at least 4 members (excludes halogenated alkanes) is 2. The van der Waals surface area contributed by atoms with Crippen LogP contribution in [0.4, 0.5) is 8.78 Å². The topological polar surface area (TPSA) is 43.4 Å². The fourth-order valence-electron chi connectivity index (χ4n) is 1.82. The largest absolute Gasteiger partial charge is 0.466 e. The lowest BCUT2D eigenvalue weighted by atomic mass is 10.0. The number of hydrogen-bond donors (Lipinski definition) is 0. The van der Waals surface area contributed by atoms with Crippen LogP contribution in [0.1, 0.15) is 49.4 Å². The van der Waals surface area contributed by atoms with Crippen LogP contribution in [0.15, 0.2) is 18.2 Å². The van der Waals surface area contributed by atoms with E-state index in [1.807, 2.05) is 0 Å². The maximum absolute atomic E-state index is 13.4. The van der Waals surface area contributed by atoms with Crippen molar-refractivity contribution in [1.82, 2.24) is 0 Å². The van der Waals surface area contributed by atoms with E-state index < -0.39 is 17.4 Å². The molecule has 0 spiro atoms. The molecule has 0 heterocycles. The van der Waals surface area contributed by atoms with Crippen LogP contribution in [0, 0.1) is 11.6 Å². The molecule has 0 atom stereocenters. The van der Waals surface area contributed by atoms with E-state index in [1.54, 1.807) is 6.92 Å². The van der Waals surface area contributed by atoms with E-state index in [0.717, 1.165) is 6.07 Å². The lowest BCUT2D eigenvalue weighted by Gasteiger charge is -2.04. The summed E-state index contributed by atoms with van der Waals surface area (Å²) in [6, 6.07) is 3.57. The normalized spacial score (nSPS) is 10.3. The molecule has 1 aromatic carbocycles. The van der Waals surface area contributed by atoms with Crippen LogP contribution in [0.25, 0.3) is 0 Å². The Hall–Kier alpha value is -1.78. The van der Waals surface area contributed by atoms with Gasteiger partial charge in [-0.05, 0) is 31.9 Å². The smallest absolute Gasteiger partial charge is 0.305 e. The third-order valence-electron chi connectivity index (χ3n) is 2.84. The SMILES string of the molecule is CCOC(=O)CCCCCC(=O)c1cccc(F)c1F. The number of carbonyl (C=O) groups excluding carboxylic acids is 2. The highest BCUT2D eigenvalue weighted by atomic mass is 19.2. The maximum Gasteiger partial charge on any atom is 0.305 e. The average Bonchev–Trinajstić information content (AvgIpc) is 2.41. The third-order valence-corrected chi connectivity index (χ3v) is 2.84. The zero-order valence-electron chi connectivity index (χ0n) is 11.5. The second-order valence-electron chi connectivity index (χ2n) is 4.39. The fourth-order valence-corrected chi connectivity index (χ4v) is 1.82. The Labute approximate surface area is 116 Å². The first-order valence-corrected chi connectivity index (χ1v) is 6.69. The number of rotatable bonds is 8. The zero-order valence-corrected chi connectivity index (χ0v) is 11.5. The van der Waals surface area contributed by atoms with Gasteiger partial charge in [0.25, 0.3) is 0 Å². The van der Waals surface area contributed by atoms with Gasteiger partial charge < -0.3 is 4.74 Å². The van der Waals surface area contributed by atoms with Crippen molar-refractivity contribution in [3.63, 3.8) is 0 Å². The van der Waals surface area contributed by atoms with Crippen molar-refractivity contribution in [3.8, 4) is 0 Å². The molecule has 5 heteroatoms. The molecule has 0 aromatic heterocycles. The average molecular weight is 284 g/mol. The van der Waals surface area contributed by atoms with Crippen molar-refractivity contribution in [1.29, 1.82) is 0 Å². The van der Waals surface area contributed by atoms with Crippen LogP contribution >= 0.6 is 0 Å². The number of esters is 1. The van der Waals surface area contributed by atoms with Gasteiger partial charge in [0.05, 0.1) is 12.2 Å². The Morgan fingerprint density at radius 1 is 1.10 bits per heavy atom. The Morgan fingerprint density at radius 3 is 2.50 bits per heavy atom. The van der Waals surface area contributed by atoms with Crippen molar-refractivity contribution in [2.45, 2.75) is 39.0 Å². The van der Waals surface area contributed by atoms with E-state index in [2.05, 4.69) is 0 Å². The lowest BCUT2D eigenvalue weighted by molar-refractivity contribution is -0.143. The summed E-state index contributed by atoms with van der Waals surface area (Å²) in [6.07, 6.45) is 2.28. The second-order valence-corrected chi connectivity index (χ2v) is 4.39. The van der Waals surface area contributed by atoms with Gasteiger partial charge in [-0.1, -0.05) is 12.5 Å². The predicted molar refractivity (Wildman–Crippen MR) is 70.4 cm³/mol. The summed E-state index contributed by atoms with van der Waals surface area (Å²) in [5, 5.41) is 0. The van der Waals surface area contributed by atoms with E-state index in [9.17, 15) is 18.4 Å². The third kappa shape index (κ3) is 5.07. The maximum atomic E-state index is 13.4. The molecule has 3 nitrogen and oxygen atoms in total. The Bertz CT molecular complexity index is 472. The van der Waals surface area contributed by atoms with E-state index in [4.69, 9.17) is 4.74 Å². The molecule has 0 fully saturated rings. The minimum absolute atomic E-state index is 0.142. The number of halogens is 2. The summed E-state index contributed by atoms with van der Waals surface area (Å²) in [6.45, 7) is 2.10. The number of carbonyl (C=O) groups is 2. The second kappa shape index (κ2) is 8.40. The molecule has 1 aromatic rings. The van der Waals surface area contributed by atoms with E-state index in [0.29, 0.717) is 32.3 Å². The van der Waals surface area contributed by atoms with Gasteiger partial charge in [0.15, 0.2) is 17.4 Å². The first-order chi connectivity index (χ1) is 9.56. The van der Waals surface area contributed by atoms with E-state index in [1.165, 1.54) is 12.1 Å². The molecule has 0 aliphatic carbocycles. The molecular weight excluding hydrogens is 266 g/mol. The number of ether oxygens (including phenoxy) is 1. The Kier molecular flexibility index (Phi) is 6.84. The molecule has 0 amide bonds. The summed E-state index contributed by atoms with van der Waals surface area (Å²) < 4.78 is 31.1. The van der Waals surface area contributed by atoms with Gasteiger partial charge in [0, 0.05) is 12.8 Å². The zero-order chi connectivity index (χ0) is 15.0. The quantitative estimate of drug-likeness (QED) is 0.415. The highest BCUT2D eigenvalue weighted by molar-refractivity contribution is 5.96. The predicted octanol–water partition coefficient (Wildman–Crippen LogP) is 3.66. The van der Waals surface area contributed by atoms with Crippen LogP contribution in [-0.2, 0) is 9.53 Å². The van der Waals surface area contributed by atoms with E-state index >= 15 is 0 Å². The Balaban J connectivity index is 2.30. The molecule has 0 N–H and O–H groups in total. The van der Waals surface area contributed by atoms with Gasteiger partial charge in [-0.3, -0.25) is 9.59 Å². The van der Waals surface area contributed by atoms with Crippen molar-refractivity contribution in [2.24, 2.45) is 0 Å². The highest BCUT2D eigenvalue weighted by Crippen LogP contribution is 2.15. The standard InChI is InChI=1S/C15H18F2O3/c1-2-20-14(19)10-5-3-4-9-13(18)11-7-6-8-12(16)15(11)17/h6-8H,2-5,9-10H2,1H3. The monoisotopic (exact) mass is 284 g/mol. The molecule has 0 aliphatic rings. The van der Waals surface area contributed by atoms with Crippen LogP contribution in [0.5, 0.6) is 0 Å². The molecule has 0 unspecified atom stereocenters. The summed E-state index contributed by atoms with van der Waals surface area (Å²) in [5.41, 5.74) is -0.213. The Morgan fingerprint density at radius 2 is 1.80 bits per heavy atom. The number of ketones is 1. The molecule has 0 bridgehead atoms. The van der Waals surface area contributed by atoms with Gasteiger partial charge in [-0.15, -0.1) is 0 Å². The summed E-state index contributed by atoms with van der Waals surface area (Å²) in [5.74, 6) is -2.78. The minimum Gasteiger partial charge on any atom is -0.466 e. The molecule has 0 saturated carbocycles. The fraction of sp³-hybridized carbons (Fsp3) is 0.467. The van der Waals surface area contributed by atoms with Crippen LogP contribution in [0.3, 0.4) is 0 Å². The number of hydrogen-bond acceptors (Lipinski definition) is 3. The van der Waals surface area contributed by atoms with Gasteiger partial charge in [0.1, 0.15) is 0 Å². The van der Waals surface area contributed by atoms with Crippen molar-refractivity contribution in [3.05, 3.63) is 35.4 Å². The van der Waals surface area contributed by atoms with Gasteiger partial charge in [-0.25, -0.2) is 8.78 Å². The minimum atomic E-state index is -1.09. The molecule has 0 aliphatic heterocycles. The lowest BCUT2D eigenvalue weighted by Crippen LogP contribution is -2.05. The summed E-state index contributed by atoms with van der Waals surface area (Å²) in [4.78, 5) is 22.8. The van der Waals surface area contributed by atoms with Gasteiger partial charge in [-0.2, -0.15) is 0 Å². The number of Topliss-reactive ketones (excluding diaryl/α,β-unsaturated/α-hetero) is 1. The molecular formula is C15H18F2O3. The highest BCUT2D eigenvalue weighted by Gasteiger charge is 2.14. The molecule has 0 radical (unpaired) electrons. The van der Waals surface area contributed by atoms with Crippen molar-refractivity contribution < 1.29 is 23.1 Å². The molecule has 0 saturated heterocycles. The first kappa shape index (κ1) is 16.3. The summed E-state index contributed by atoms with van der Waals surface area (Å²) >= 11 is 0. The number of benzene rings is 1. The molecule has 20 heavy (non-hydrogen) atoms. The van der Waals surface area contributed by atoms with Gasteiger partial charge in [0.2, 0.25) is 0 Å². The first-order valence-electron chi connectivity index (χ1n) is 6.69. The molecule has 110 valence electrons. The van der Waals surface area contributed by atoms with Crippen molar-refractivity contribution in [2.75, 3.05) is 6.61 Å². The van der Waals surface area contributed by atoms with Crippen molar-refractivity contribution >= 4 is 11.8 Å². The van der Waals surface area contributed by atoms with Crippen LogP contribution in [0.2, 0.25) is 0 Å². The van der Waals surface area contributed by atoms with Crippen LogP contribution in [-0.4, -0.2) is 18.4 Å². The van der Waals surface area contributed by atoms with Crippen LogP contribution < -0.4 is 0 Å². The van der Waals surface area contributed by atoms with Gasteiger partial charge >= 0.3 is 5.97 Å². The molecule has 1 rings (SSSR count).